The summed E-state index contributed by atoms with van der Waals surface area (Å²) in [5.74, 6) is 1.37. The van der Waals surface area contributed by atoms with E-state index in [2.05, 4.69) is 30.9 Å². The van der Waals surface area contributed by atoms with E-state index in [-0.39, 0.29) is 29.8 Å². The maximum Gasteiger partial charge on any atom is 0.407 e. The Morgan fingerprint density at radius 2 is 1.38 bits per heavy atom. The molecule has 4 atom stereocenters. The molecule has 3 aromatic carbocycles. The van der Waals surface area contributed by atoms with Crippen LogP contribution in [0.5, 0.6) is 0 Å². The fourth-order valence-electron chi connectivity index (χ4n) is 8.12. The average molecular weight is 813 g/mol. The van der Waals surface area contributed by atoms with E-state index in [1.54, 1.807) is 22.2 Å². The highest BCUT2D eigenvalue weighted by molar-refractivity contribution is 5.89. The van der Waals surface area contributed by atoms with Crippen LogP contribution in [0.4, 0.5) is 9.59 Å². The number of alkyl carbamates (subject to hydrolysis) is 1. The van der Waals surface area contributed by atoms with Gasteiger partial charge in [-0.2, -0.15) is 0 Å². The Balaban J connectivity index is 0.953. The van der Waals surface area contributed by atoms with Crippen molar-refractivity contribution in [3.8, 4) is 34.0 Å². The number of nitrogens with zero attached hydrogens (tertiary/aromatic N) is 5. The number of rotatable bonds is 11. The molecular weight excluding hydrogens is 765 g/mol. The summed E-state index contributed by atoms with van der Waals surface area (Å²) in [6, 6.07) is 20.4. The van der Waals surface area contributed by atoms with Crippen molar-refractivity contribution in [3.05, 3.63) is 102 Å². The van der Waals surface area contributed by atoms with Crippen molar-refractivity contribution in [2.75, 3.05) is 27.2 Å². The molecule has 6 aromatic rings. The van der Waals surface area contributed by atoms with Crippen LogP contribution >= 0.6 is 0 Å². The standard InChI is InChI=1S/C44H48N10O6/c1-25(2)36(52-44(58)59-4)41(55)53-20-8-12-33(53)38-46-23-31(48-38)26-14-16-28(17-15-26)40-50-30-19-18-29(22-35(30)60-40)32-24-47-39(49-32)34-13-9-21-54(34)42(56)37(51-43(57)45-3)27-10-6-5-7-11-27/h5-7,10-11,14-19,22-25,33-34,36-37H,8-9,12-13,20-21H2,1-4H3,(H,46,48)(H,47,49)(H,52,58)(H2,45,51,57)/t33-,34-,36-,37+/m0/s1. The van der Waals surface area contributed by atoms with Gasteiger partial charge in [-0.3, -0.25) is 9.59 Å². The number of hydrogen-bond acceptors (Lipinski definition) is 9. The summed E-state index contributed by atoms with van der Waals surface area (Å²) in [5.41, 5.74) is 6.18. The number of fused-ring (bicyclic) bond motifs is 1. The van der Waals surface area contributed by atoms with Crippen molar-refractivity contribution < 1.29 is 28.3 Å². The Hall–Kier alpha value is -6.97. The number of aromatic nitrogens is 5. The third-order valence-corrected chi connectivity index (χ3v) is 11.3. The van der Waals surface area contributed by atoms with Crippen LogP contribution in [0.3, 0.4) is 0 Å². The van der Waals surface area contributed by atoms with Gasteiger partial charge >= 0.3 is 12.1 Å². The van der Waals surface area contributed by atoms with Crippen molar-refractivity contribution in [3.63, 3.8) is 0 Å². The number of urea groups is 1. The van der Waals surface area contributed by atoms with Crippen LogP contribution in [0, 0.1) is 5.92 Å². The number of benzene rings is 3. The van der Waals surface area contributed by atoms with Gasteiger partial charge in [0.2, 0.25) is 17.7 Å². The summed E-state index contributed by atoms with van der Waals surface area (Å²) in [6.45, 7) is 4.91. The fourth-order valence-corrected chi connectivity index (χ4v) is 8.12. The number of carbonyl (C=O) groups is 4. The first-order valence-electron chi connectivity index (χ1n) is 20.2. The Morgan fingerprint density at radius 3 is 2.00 bits per heavy atom. The van der Waals surface area contributed by atoms with Gasteiger partial charge in [-0.25, -0.2) is 24.5 Å². The minimum absolute atomic E-state index is 0.119. The van der Waals surface area contributed by atoms with Crippen molar-refractivity contribution in [2.45, 2.75) is 63.7 Å². The molecule has 5 amide bonds. The van der Waals surface area contributed by atoms with Crippen LogP contribution < -0.4 is 16.0 Å². The molecule has 2 fully saturated rings. The number of ether oxygens (including phenoxy) is 1. The molecule has 0 aliphatic carbocycles. The molecule has 16 nitrogen and oxygen atoms in total. The molecule has 2 aliphatic heterocycles. The van der Waals surface area contributed by atoms with Gasteiger partial charge in [0.1, 0.15) is 29.2 Å². The molecule has 0 unspecified atom stereocenters. The van der Waals surface area contributed by atoms with E-state index < -0.39 is 24.2 Å². The summed E-state index contributed by atoms with van der Waals surface area (Å²) >= 11 is 0. The zero-order chi connectivity index (χ0) is 41.9. The molecule has 5 N–H and O–H groups in total. The highest BCUT2D eigenvalue weighted by Gasteiger charge is 2.38. The number of methoxy groups -OCH3 is 1. The topological polar surface area (TPSA) is 203 Å². The minimum atomic E-state index is -0.840. The molecule has 2 aliphatic rings. The van der Waals surface area contributed by atoms with Gasteiger partial charge < -0.3 is 44.9 Å². The number of likely N-dealkylation sites (tertiary alicyclic amines) is 2. The lowest BCUT2D eigenvalue weighted by atomic mass is 10.0. The predicted octanol–water partition coefficient (Wildman–Crippen LogP) is 6.65. The Kier molecular flexibility index (Phi) is 11.3. The van der Waals surface area contributed by atoms with E-state index >= 15 is 0 Å². The van der Waals surface area contributed by atoms with Crippen LogP contribution in [0.1, 0.15) is 74.9 Å². The van der Waals surface area contributed by atoms with Gasteiger partial charge in [-0.1, -0.05) is 62.4 Å². The number of nitrogens with one attached hydrogen (secondary N) is 5. The zero-order valence-corrected chi connectivity index (χ0v) is 33.9. The second kappa shape index (κ2) is 17.1. The summed E-state index contributed by atoms with van der Waals surface area (Å²) in [6.07, 6.45) is 6.04. The zero-order valence-electron chi connectivity index (χ0n) is 33.9. The van der Waals surface area contributed by atoms with Crippen molar-refractivity contribution in [2.24, 2.45) is 5.92 Å². The lowest BCUT2D eigenvalue weighted by Crippen LogP contribution is -2.51. The molecule has 0 saturated carbocycles. The molecular formula is C44H48N10O6. The molecule has 2 saturated heterocycles. The van der Waals surface area contributed by atoms with Crippen LogP contribution in [0.15, 0.2) is 89.6 Å². The van der Waals surface area contributed by atoms with Gasteiger partial charge in [0.15, 0.2) is 5.58 Å². The number of carbonyl (C=O) groups excluding carboxylic acids is 4. The normalized spacial score (nSPS) is 17.5. The first kappa shape index (κ1) is 39.8. The van der Waals surface area contributed by atoms with Gasteiger partial charge in [-0.15, -0.1) is 0 Å². The highest BCUT2D eigenvalue weighted by Crippen LogP contribution is 2.36. The van der Waals surface area contributed by atoms with E-state index in [0.29, 0.717) is 47.3 Å². The van der Waals surface area contributed by atoms with Crippen molar-refractivity contribution in [1.82, 2.24) is 50.7 Å². The molecule has 0 bridgehead atoms. The fraction of sp³-hybridized carbons (Fsp3) is 0.341. The maximum atomic E-state index is 14.0. The van der Waals surface area contributed by atoms with Crippen LogP contribution in [0.2, 0.25) is 0 Å². The minimum Gasteiger partial charge on any atom is -0.453 e. The molecule has 310 valence electrons. The molecule has 8 rings (SSSR count). The number of amides is 5. The average Bonchev–Trinajstić information content (AvgIpc) is 4.13. The first-order valence-corrected chi connectivity index (χ1v) is 20.2. The largest absolute Gasteiger partial charge is 0.453 e. The Labute approximate surface area is 346 Å². The number of H-pyrrole nitrogens is 2. The molecule has 3 aromatic heterocycles. The highest BCUT2D eigenvalue weighted by atomic mass is 16.5. The van der Waals surface area contributed by atoms with E-state index in [4.69, 9.17) is 19.1 Å². The van der Waals surface area contributed by atoms with Gasteiger partial charge in [0.25, 0.3) is 0 Å². The second-order valence-corrected chi connectivity index (χ2v) is 15.4. The molecule has 16 heteroatoms. The summed E-state index contributed by atoms with van der Waals surface area (Å²) in [7, 11) is 2.80. The molecule has 0 radical (unpaired) electrons. The molecule has 5 heterocycles. The van der Waals surface area contributed by atoms with E-state index in [0.717, 1.165) is 53.8 Å². The van der Waals surface area contributed by atoms with Crippen molar-refractivity contribution >= 4 is 35.0 Å². The summed E-state index contributed by atoms with van der Waals surface area (Å²) in [4.78, 5) is 76.4. The third kappa shape index (κ3) is 8.04. The second-order valence-electron chi connectivity index (χ2n) is 15.4. The van der Waals surface area contributed by atoms with Gasteiger partial charge in [-0.05, 0) is 67.0 Å². The Bertz CT molecular complexity index is 2490. The SMILES string of the molecule is CNC(=O)N[C@@H](C(=O)N1CCC[C@H]1c1ncc(-c2ccc3nc(-c4ccc(-c5cnc([C@@H]6CCCN6C(=O)[C@@H](NC(=O)OC)C(C)C)[nH]5)cc4)oc3c2)[nH]1)c1ccccc1. The van der Waals surface area contributed by atoms with Crippen LogP contribution in [-0.2, 0) is 14.3 Å². The Morgan fingerprint density at radius 1 is 0.783 bits per heavy atom. The van der Waals surface area contributed by atoms with Gasteiger partial charge in [0, 0.05) is 31.3 Å². The lowest BCUT2D eigenvalue weighted by Gasteiger charge is -2.30. The number of aromatic amines is 2. The van der Waals surface area contributed by atoms with E-state index in [9.17, 15) is 19.2 Å². The maximum absolute atomic E-state index is 14.0. The third-order valence-electron chi connectivity index (χ3n) is 11.3. The number of imidazole rings is 2. The molecule has 0 spiro atoms. The monoisotopic (exact) mass is 812 g/mol. The van der Waals surface area contributed by atoms with Crippen LogP contribution in [-0.4, -0.2) is 91.9 Å². The number of hydrogen-bond donors (Lipinski definition) is 5. The molecule has 60 heavy (non-hydrogen) atoms. The quantitative estimate of drug-likeness (QED) is 0.0949. The summed E-state index contributed by atoms with van der Waals surface area (Å²) in [5, 5.41) is 8.06. The predicted molar refractivity (Wildman–Crippen MR) is 223 cm³/mol. The van der Waals surface area contributed by atoms with Crippen molar-refractivity contribution in [1.29, 1.82) is 0 Å². The van der Waals surface area contributed by atoms with Crippen LogP contribution in [0.25, 0.3) is 45.1 Å². The summed E-state index contributed by atoms with van der Waals surface area (Å²) < 4.78 is 11.0. The van der Waals surface area contributed by atoms with Gasteiger partial charge in [0.05, 0.1) is 43.0 Å². The number of oxazole rings is 1. The first-order chi connectivity index (χ1) is 29.1. The lowest BCUT2D eigenvalue weighted by molar-refractivity contribution is -0.135. The van der Waals surface area contributed by atoms with E-state index in [1.807, 2.05) is 86.6 Å². The smallest absolute Gasteiger partial charge is 0.407 e. The van der Waals surface area contributed by atoms with E-state index in [1.165, 1.54) is 14.2 Å².